The number of rotatable bonds is 10. The predicted molar refractivity (Wildman–Crippen MR) is 168 cm³/mol. The zero-order valence-electron chi connectivity index (χ0n) is 24.3. The summed E-state index contributed by atoms with van der Waals surface area (Å²) in [5, 5.41) is 15.2. The molecule has 0 bridgehead atoms. The number of aromatic amines is 1. The maximum Gasteiger partial charge on any atom is 0.238 e. The van der Waals surface area contributed by atoms with Crippen LogP contribution in [0.4, 0.5) is 23.4 Å². The van der Waals surface area contributed by atoms with Gasteiger partial charge in [0.25, 0.3) is 0 Å². The quantitative estimate of drug-likeness (QED) is 0.177. The molecule has 0 radical (unpaired) electrons. The molecule has 1 aliphatic carbocycles. The highest BCUT2D eigenvalue weighted by atomic mass is 35.5. The Bertz CT molecular complexity index is 1810. The number of nitrogens with zero attached hydrogens (tertiary/aromatic N) is 7. The van der Waals surface area contributed by atoms with Gasteiger partial charge in [0, 0.05) is 67.3 Å². The summed E-state index contributed by atoms with van der Waals surface area (Å²) in [5.74, 6) is 2.06. The largest absolute Gasteiger partial charge is 0.473 e. The van der Waals surface area contributed by atoms with Gasteiger partial charge in [0.15, 0.2) is 5.82 Å². The number of hydrogen-bond acceptors (Lipinski definition) is 10. The first-order valence-electron chi connectivity index (χ1n) is 14.6. The number of fused-ring (bicyclic) bond motifs is 1. The molecule has 1 saturated carbocycles. The second-order valence-electron chi connectivity index (χ2n) is 11.2. The Hall–Kier alpha value is -4.75. The van der Waals surface area contributed by atoms with Crippen LogP contribution in [0.5, 0.6) is 5.88 Å². The molecule has 226 valence electrons. The number of H-pyrrole nitrogens is 1. The Morgan fingerprint density at radius 1 is 1.16 bits per heavy atom. The molecule has 1 aliphatic heterocycles. The van der Waals surface area contributed by atoms with Gasteiger partial charge in [-0.25, -0.2) is 15.0 Å². The number of benzene rings is 1. The number of para-hydroxylation sites is 1. The number of carbonyl (C=O) groups is 1. The molecule has 2 aliphatic rings. The zero-order chi connectivity index (χ0) is 30.2. The van der Waals surface area contributed by atoms with Crippen LogP contribution in [0, 0.1) is 6.92 Å². The first-order chi connectivity index (χ1) is 21.4. The molecule has 4 N–H and O–H groups in total. The summed E-state index contributed by atoms with van der Waals surface area (Å²) < 4.78 is 7.88. The number of carbonyl (C=O) groups excluding carboxylic acids is 1. The second-order valence-corrected chi connectivity index (χ2v) is 11.6. The van der Waals surface area contributed by atoms with Crippen LogP contribution in [0.25, 0.3) is 22.2 Å². The topological polar surface area (TPSA) is 151 Å². The van der Waals surface area contributed by atoms with E-state index in [1.54, 1.807) is 23.1 Å². The molecular formula is C30H32ClN11O2. The van der Waals surface area contributed by atoms with Gasteiger partial charge < -0.3 is 25.7 Å². The lowest BCUT2D eigenvalue weighted by atomic mass is 10.1. The third-order valence-electron chi connectivity index (χ3n) is 7.77. The van der Waals surface area contributed by atoms with Gasteiger partial charge in [-0.05, 0) is 32.3 Å². The lowest BCUT2D eigenvalue weighted by molar-refractivity contribution is -0.117. The van der Waals surface area contributed by atoms with E-state index in [0.717, 1.165) is 48.0 Å². The molecule has 1 amide bonds. The van der Waals surface area contributed by atoms with Crippen LogP contribution in [0.15, 0.2) is 48.9 Å². The van der Waals surface area contributed by atoms with E-state index >= 15 is 0 Å². The lowest BCUT2D eigenvalue weighted by Crippen LogP contribution is -2.33. The fourth-order valence-corrected chi connectivity index (χ4v) is 5.49. The Labute approximate surface area is 258 Å². The lowest BCUT2D eigenvalue weighted by Gasteiger charge is -2.16. The van der Waals surface area contributed by atoms with E-state index < -0.39 is 0 Å². The summed E-state index contributed by atoms with van der Waals surface area (Å²) in [4.78, 5) is 36.2. The second kappa shape index (κ2) is 11.7. The van der Waals surface area contributed by atoms with Gasteiger partial charge >= 0.3 is 0 Å². The Morgan fingerprint density at radius 2 is 2.05 bits per heavy atom. The first kappa shape index (κ1) is 28.0. The number of amides is 1. The number of hydrogen-bond donors (Lipinski definition) is 4. The molecule has 13 nitrogen and oxygen atoms in total. The van der Waals surface area contributed by atoms with Crippen molar-refractivity contribution in [1.82, 2.24) is 39.6 Å². The standard InChI is InChI=1S/C30H32ClN11O2/c1-17-12-24(40-41(17)2)37-30-34-14-22(31)27(39-30)21-13-33-28-20(21)4-3-5-23(28)36-25(43)16-42-11-9-19(15-42)44-26-8-10-32-29(38-26)35-18-6-7-18/h3-5,8,10,12-14,18-19,33H,6-7,9,11,15-16H2,1-2H3,(H,36,43)(H,32,35,38)(H,34,37,39,40). The Morgan fingerprint density at radius 3 is 2.86 bits per heavy atom. The van der Waals surface area contributed by atoms with Gasteiger partial charge in [0.1, 0.15) is 6.10 Å². The van der Waals surface area contributed by atoms with Gasteiger partial charge in [-0.2, -0.15) is 10.1 Å². The minimum Gasteiger partial charge on any atom is -0.473 e. The number of halogens is 1. The molecule has 1 aromatic carbocycles. The fourth-order valence-electron chi connectivity index (χ4n) is 5.29. The number of likely N-dealkylation sites (tertiary alicyclic amines) is 1. The van der Waals surface area contributed by atoms with Crippen LogP contribution in [0.3, 0.4) is 0 Å². The van der Waals surface area contributed by atoms with Crippen molar-refractivity contribution in [2.24, 2.45) is 7.05 Å². The third kappa shape index (κ3) is 6.15. The number of ether oxygens (including phenoxy) is 1. The number of anilines is 4. The average Bonchev–Trinajstić information content (AvgIpc) is 3.37. The molecule has 1 unspecified atom stereocenters. The molecule has 44 heavy (non-hydrogen) atoms. The van der Waals surface area contributed by atoms with E-state index in [4.69, 9.17) is 16.3 Å². The van der Waals surface area contributed by atoms with E-state index in [9.17, 15) is 4.79 Å². The van der Waals surface area contributed by atoms with Crippen LogP contribution in [0.2, 0.25) is 5.02 Å². The van der Waals surface area contributed by atoms with Crippen molar-refractivity contribution in [2.75, 3.05) is 35.6 Å². The molecule has 5 aromatic rings. The van der Waals surface area contributed by atoms with Crippen LogP contribution in [-0.4, -0.2) is 77.3 Å². The monoisotopic (exact) mass is 613 g/mol. The molecule has 14 heteroatoms. The number of aryl methyl sites for hydroxylation is 2. The molecule has 0 spiro atoms. The van der Waals surface area contributed by atoms with Gasteiger partial charge in [0.05, 0.1) is 34.7 Å². The minimum absolute atomic E-state index is 0.0421. The third-order valence-corrected chi connectivity index (χ3v) is 8.04. The van der Waals surface area contributed by atoms with Gasteiger partial charge in [-0.3, -0.25) is 14.4 Å². The van der Waals surface area contributed by atoms with E-state index in [0.29, 0.717) is 52.6 Å². The van der Waals surface area contributed by atoms with E-state index in [2.05, 4.69) is 50.9 Å². The predicted octanol–water partition coefficient (Wildman–Crippen LogP) is 4.52. The molecule has 7 rings (SSSR count). The molecule has 1 saturated heterocycles. The molecule has 5 heterocycles. The average molecular weight is 614 g/mol. The van der Waals surface area contributed by atoms with E-state index in [-0.39, 0.29) is 18.6 Å². The molecular weight excluding hydrogens is 582 g/mol. The minimum atomic E-state index is -0.107. The van der Waals surface area contributed by atoms with Crippen LogP contribution in [0.1, 0.15) is 25.0 Å². The van der Waals surface area contributed by atoms with Crippen LogP contribution in [-0.2, 0) is 11.8 Å². The summed E-state index contributed by atoms with van der Waals surface area (Å²) in [6, 6.07) is 9.88. The maximum atomic E-state index is 13.1. The summed E-state index contributed by atoms with van der Waals surface area (Å²) in [6.45, 7) is 3.62. The summed E-state index contributed by atoms with van der Waals surface area (Å²) in [7, 11) is 1.87. The molecule has 1 atom stereocenters. The van der Waals surface area contributed by atoms with Crippen molar-refractivity contribution in [2.45, 2.75) is 38.3 Å². The Balaban J connectivity index is 1.00. The van der Waals surface area contributed by atoms with Crippen molar-refractivity contribution in [3.05, 3.63) is 59.6 Å². The van der Waals surface area contributed by atoms with Crippen LogP contribution >= 0.6 is 11.6 Å². The van der Waals surface area contributed by atoms with Crippen molar-refractivity contribution in [3.63, 3.8) is 0 Å². The van der Waals surface area contributed by atoms with Crippen molar-refractivity contribution >= 4 is 51.8 Å². The number of aromatic nitrogens is 7. The van der Waals surface area contributed by atoms with Gasteiger partial charge in [0.2, 0.25) is 23.7 Å². The first-order valence-corrected chi connectivity index (χ1v) is 14.9. The molecule has 2 fully saturated rings. The Kier molecular flexibility index (Phi) is 7.48. The SMILES string of the molecule is Cc1cc(Nc2ncc(Cl)c(-c3c[nH]c4c(NC(=O)CN5CCC(Oc6ccnc(NC7CC7)n6)C5)cccc34)n2)nn1C. The summed E-state index contributed by atoms with van der Waals surface area (Å²) in [5.41, 5.74) is 3.82. The zero-order valence-corrected chi connectivity index (χ0v) is 25.1. The highest BCUT2D eigenvalue weighted by molar-refractivity contribution is 6.33. The van der Waals surface area contributed by atoms with Crippen molar-refractivity contribution < 1.29 is 9.53 Å². The number of nitrogens with one attached hydrogen (secondary N) is 4. The van der Waals surface area contributed by atoms with Crippen molar-refractivity contribution in [1.29, 1.82) is 0 Å². The highest BCUT2D eigenvalue weighted by Gasteiger charge is 2.27. The van der Waals surface area contributed by atoms with Gasteiger partial charge in [-0.1, -0.05) is 23.7 Å². The van der Waals surface area contributed by atoms with Gasteiger partial charge in [-0.15, -0.1) is 0 Å². The smallest absolute Gasteiger partial charge is 0.238 e. The van der Waals surface area contributed by atoms with Crippen LogP contribution < -0.4 is 20.7 Å². The fraction of sp³-hybridized carbons (Fsp3) is 0.333. The highest BCUT2D eigenvalue weighted by Crippen LogP contribution is 2.35. The van der Waals surface area contributed by atoms with Crippen molar-refractivity contribution in [3.8, 4) is 17.1 Å². The van der Waals surface area contributed by atoms with E-state index in [1.807, 2.05) is 44.4 Å². The summed E-state index contributed by atoms with van der Waals surface area (Å²) >= 11 is 6.55. The molecule has 4 aromatic heterocycles. The van der Waals surface area contributed by atoms with E-state index in [1.165, 1.54) is 0 Å². The summed E-state index contributed by atoms with van der Waals surface area (Å²) in [6.07, 6.45) is 8.18. The normalized spacial score (nSPS) is 16.8. The maximum absolute atomic E-state index is 13.1.